The molecule has 0 saturated heterocycles. The van der Waals surface area contributed by atoms with Crippen LogP contribution in [0.15, 0.2) is 30.4 Å². The molecular weight excluding hydrogens is 146 g/mol. The number of hydrogen-bond donors (Lipinski definition) is 1. The van der Waals surface area contributed by atoms with Crippen molar-refractivity contribution in [1.82, 2.24) is 0 Å². The van der Waals surface area contributed by atoms with Gasteiger partial charge in [0.15, 0.2) is 0 Å². The third-order valence-corrected chi connectivity index (χ3v) is 2.63. The molecule has 1 aromatic rings. The van der Waals surface area contributed by atoms with Crippen LogP contribution in [0.2, 0.25) is 0 Å². The quantitative estimate of drug-likeness (QED) is 0.544. The molecule has 0 aliphatic heterocycles. The summed E-state index contributed by atoms with van der Waals surface area (Å²) in [6.07, 6.45) is 5.45. The summed E-state index contributed by atoms with van der Waals surface area (Å²) in [6.45, 7) is 0. The molecule has 0 amide bonds. The highest BCUT2D eigenvalue weighted by molar-refractivity contribution is 5.86. The number of hydrogen-bond acceptors (Lipinski definition) is 1. The maximum Gasteiger partial charge on any atom is 0.0396 e. The largest absolute Gasteiger partial charge is 0.398 e. The Labute approximate surface area is 70.5 Å². The number of benzene rings is 1. The number of nitrogens with two attached hydrogens (primary N) is 1. The Hall–Kier alpha value is -1.50. The zero-order valence-electron chi connectivity index (χ0n) is 6.67. The van der Waals surface area contributed by atoms with E-state index in [1.54, 1.807) is 0 Å². The summed E-state index contributed by atoms with van der Waals surface area (Å²) in [6, 6.07) is 6.15. The van der Waals surface area contributed by atoms with Crippen molar-refractivity contribution in [2.75, 3.05) is 5.73 Å². The molecule has 1 nitrogen and oxygen atoms in total. The predicted octanol–water partition coefficient (Wildman–Crippen LogP) is 0.544. The molecule has 2 bridgehead atoms. The van der Waals surface area contributed by atoms with Crippen LogP contribution in [0.1, 0.15) is 6.42 Å². The van der Waals surface area contributed by atoms with E-state index in [0.717, 1.165) is 12.1 Å². The summed E-state index contributed by atoms with van der Waals surface area (Å²) in [5, 5.41) is 2.61. The Morgan fingerprint density at radius 2 is 1.92 bits per heavy atom. The molecule has 3 rings (SSSR count). The SMILES string of the molecule is Nc1cccc2c1=C1C=CC=2C1. The lowest BCUT2D eigenvalue weighted by Crippen LogP contribution is -2.27. The first-order valence-electron chi connectivity index (χ1n) is 4.15. The van der Waals surface area contributed by atoms with Crippen molar-refractivity contribution in [2.24, 2.45) is 0 Å². The lowest BCUT2D eigenvalue weighted by atomic mass is 10.1. The molecule has 2 aliphatic rings. The summed E-state index contributed by atoms with van der Waals surface area (Å²) >= 11 is 0. The van der Waals surface area contributed by atoms with E-state index in [9.17, 15) is 0 Å². The Morgan fingerprint density at radius 3 is 2.75 bits per heavy atom. The summed E-state index contributed by atoms with van der Waals surface area (Å²) in [7, 11) is 0. The first kappa shape index (κ1) is 6.06. The molecule has 0 spiro atoms. The molecule has 2 aliphatic carbocycles. The highest BCUT2D eigenvalue weighted by Crippen LogP contribution is 2.25. The van der Waals surface area contributed by atoms with Crippen molar-refractivity contribution in [3.8, 4) is 0 Å². The van der Waals surface area contributed by atoms with Crippen molar-refractivity contribution < 1.29 is 0 Å². The maximum absolute atomic E-state index is 5.89. The molecule has 58 valence electrons. The minimum absolute atomic E-state index is 0.918. The van der Waals surface area contributed by atoms with Gasteiger partial charge in [-0.05, 0) is 28.9 Å². The van der Waals surface area contributed by atoms with E-state index in [1.165, 1.54) is 21.6 Å². The van der Waals surface area contributed by atoms with Gasteiger partial charge in [-0.2, -0.15) is 0 Å². The number of rotatable bonds is 0. The van der Waals surface area contributed by atoms with Crippen molar-refractivity contribution >= 4 is 16.8 Å². The van der Waals surface area contributed by atoms with Gasteiger partial charge in [-0.1, -0.05) is 24.3 Å². The van der Waals surface area contributed by atoms with E-state index in [1.807, 2.05) is 12.1 Å². The standard InChI is InChI=1S/C11H9N/c12-10-3-1-2-9-7-4-5-8(6-7)11(9)10/h1-5H,6,12H2. The van der Waals surface area contributed by atoms with Crippen molar-refractivity contribution in [1.29, 1.82) is 0 Å². The molecular formula is C11H9N. The van der Waals surface area contributed by atoms with Crippen molar-refractivity contribution in [3.05, 3.63) is 40.8 Å². The van der Waals surface area contributed by atoms with Gasteiger partial charge in [-0.25, -0.2) is 0 Å². The molecule has 1 heteroatoms. The lowest BCUT2D eigenvalue weighted by Gasteiger charge is -1.96. The van der Waals surface area contributed by atoms with Gasteiger partial charge in [0.05, 0.1) is 0 Å². The second kappa shape index (κ2) is 1.81. The van der Waals surface area contributed by atoms with E-state index in [2.05, 4.69) is 18.2 Å². The van der Waals surface area contributed by atoms with Crippen LogP contribution < -0.4 is 16.2 Å². The molecule has 0 aromatic heterocycles. The van der Waals surface area contributed by atoms with Gasteiger partial charge in [-0.3, -0.25) is 0 Å². The normalized spacial score (nSPS) is 17.3. The number of allylic oxidation sites excluding steroid dienone is 2. The van der Waals surface area contributed by atoms with Crippen molar-refractivity contribution in [3.63, 3.8) is 0 Å². The van der Waals surface area contributed by atoms with Crippen LogP contribution in [0.5, 0.6) is 0 Å². The van der Waals surface area contributed by atoms with Crippen LogP contribution in [0.3, 0.4) is 0 Å². The fourth-order valence-corrected chi connectivity index (χ4v) is 2.08. The number of fused-ring (bicyclic) bond motifs is 3. The van der Waals surface area contributed by atoms with Crippen LogP contribution in [-0.2, 0) is 0 Å². The van der Waals surface area contributed by atoms with Gasteiger partial charge in [-0.15, -0.1) is 0 Å². The molecule has 0 fully saturated rings. The Morgan fingerprint density at radius 1 is 1.08 bits per heavy atom. The van der Waals surface area contributed by atoms with Crippen LogP contribution >= 0.6 is 0 Å². The average molecular weight is 155 g/mol. The summed E-state index contributed by atoms with van der Waals surface area (Å²) in [4.78, 5) is 0. The highest BCUT2D eigenvalue weighted by atomic mass is 14.6. The molecule has 0 radical (unpaired) electrons. The Bertz CT molecular complexity index is 506. The second-order valence-corrected chi connectivity index (χ2v) is 3.33. The van der Waals surface area contributed by atoms with Crippen LogP contribution in [0.25, 0.3) is 11.1 Å². The smallest absolute Gasteiger partial charge is 0.0396 e. The molecule has 0 heterocycles. The fourth-order valence-electron chi connectivity index (χ4n) is 2.08. The van der Waals surface area contributed by atoms with E-state index in [-0.39, 0.29) is 0 Å². The van der Waals surface area contributed by atoms with E-state index in [4.69, 9.17) is 5.73 Å². The molecule has 0 unspecified atom stereocenters. The average Bonchev–Trinajstić information content (AvgIpc) is 2.64. The van der Waals surface area contributed by atoms with Crippen LogP contribution in [0.4, 0.5) is 5.69 Å². The third-order valence-electron chi connectivity index (χ3n) is 2.63. The maximum atomic E-state index is 5.89. The van der Waals surface area contributed by atoms with Gasteiger partial charge < -0.3 is 5.73 Å². The van der Waals surface area contributed by atoms with Gasteiger partial charge in [0.1, 0.15) is 0 Å². The zero-order chi connectivity index (χ0) is 8.13. The first-order chi connectivity index (χ1) is 5.86. The highest BCUT2D eigenvalue weighted by Gasteiger charge is 2.15. The monoisotopic (exact) mass is 155 g/mol. The zero-order valence-corrected chi connectivity index (χ0v) is 6.67. The minimum Gasteiger partial charge on any atom is -0.398 e. The van der Waals surface area contributed by atoms with E-state index >= 15 is 0 Å². The second-order valence-electron chi connectivity index (χ2n) is 3.33. The molecule has 0 atom stereocenters. The predicted molar refractivity (Wildman–Crippen MR) is 50.7 cm³/mol. The molecule has 12 heavy (non-hydrogen) atoms. The van der Waals surface area contributed by atoms with Gasteiger partial charge in [0, 0.05) is 10.9 Å². The van der Waals surface area contributed by atoms with E-state index < -0.39 is 0 Å². The first-order valence-corrected chi connectivity index (χ1v) is 4.15. The summed E-state index contributed by atoms with van der Waals surface area (Å²) in [5.41, 5.74) is 9.62. The summed E-state index contributed by atoms with van der Waals surface area (Å²) < 4.78 is 0. The van der Waals surface area contributed by atoms with Gasteiger partial charge in [0.25, 0.3) is 0 Å². The van der Waals surface area contributed by atoms with Crippen molar-refractivity contribution in [2.45, 2.75) is 6.42 Å². The number of anilines is 1. The minimum atomic E-state index is 0.918. The van der Waals surface area contributed by atoms with Crippen LogP contribution in [0, 0.1) is 0 Å². The van der Waals surface area contributed by atoms with Crippen LogP contribution in [-0.4, -0.2) is 0 Å². The van der Waals surface area contributed by atoms with Gasteiger partial charge >= 0.3 is 0 Å². The molecule has 2 N–H and O–H groups in total. The summed E-state index contributed by atoms with van der Waals surface area (Å²) in [5.74, 6) is 0. The third kappa shape index (κ3) is 0.549. The fraction of sp³-hybridized carbons (Fsp3) is 0.0909. The Balaban J connectivity index is 2.68. The molecule has 1 aromatic carbocycles. The number of nitrogen functional groups attached to an aromatic ring is 1. The Kier molecular flexibility index (Phi) is 0.912. The topological polar surface area (TPSA) is 26.0 Å². The van der Waals surface area contributed by atoms with Gasteiger partial charge in [0.2, 0.25) is 0 Å². The lowest BCUT2D eigenvalue weighted by molar-refractivity contribution is 1.51. The van der Waals surface area contributed by atoms with E-state index in [0.29, 0.717) is 0 Å². The molecule has 0 saturated carbocycles.